The van der Waals surface area contributed by atoms with Gasteiger partial charge in [0.25, 0.3) is 0 Å². The second kappa shape index (κ2) is 4.79. The molecule has 0 fully saturated rings. The summed E-state index contributed by atoms with van der Waals surface area (Å²) >= 11 is 0. The fourth-order valence-electron chi connectivity index (χ4n) is 2.22. The Bertz CT molecular complexity index is 623. The summed E-state index contributed by atoms with van der Waals surface area (Å²) < 4.78 is 24.6. The predicted octanol–water partition coefficient (Wildman–Crippen LogP) is 2.43. The van der Waals surface area contributed by atoms with E-state index in [2.05, 4.69) is 10.2 Å². The molecular weight excluding hydrogens is 249 g/mol. The Labute approximate surface area is 110 Å². The molecule has 0 spiro atoms. The van der Waals surface area contributed by atoms with Crippen LogP contribution in [-0.4, -0.2) is 24.4 Å². The summed E-state index contributed by atoms with van der Waals surface area (Å²) in [5, 5.41) is 6.54. The second-order valence-electron chi connectivity index (χ2n) is 4.20. The standard InChI is InChI=1S/C13H16FN3O2/c1-6-9(8-5-16-17-13(8)15)11(18-3)7(2)10(14)12(6)19-4/h5H,1-4H3,(H3,15,16,17). The molecule has 0 bridgehead atoms. The van der Waals surface area contributed by atoms with E-state index < -0.39 is 5.82 Å². The maximum absolute atomic E-state index is 14.2. The van der Waals surface area contributed by atoms with Gasteiger partial charge in [-0.2, -0.15) is 5.10 Å². The topological polar surface area (TPSA) is 73.2 Å². The smallest absolute Gasteiger partial charge is 0.171 e. The highest BCUT2D eigenvalue weighted by Gasteiger charge is 2.23. The Kier molecular flexibility index (Phi) is 3.33. The third-order valence-electron chi connectivity index (χ3n) is 3.16. The Balaban J connectivity index is 2.86. The fraction of sp³-hybridized carbons (Fsp3) is 0.308. The van der Waals surface area contributed by atoms with E-state index in [-0.39, 0.29) is 5.75 Å². The molecule has 5 nitrogen and oxygen atoms in total. The quantitative estimate of drug-likeness (QED) is 0.894. The van der Waals surface area contributed by atoms with Crippen LogP contribution in [0.3, 0.4) is 0 Å². The SMILES string of the molecule is COc1c(C)c(-c2cn[nH]c2N)c(OC)c(C)c1F. The number of nitrogens with two attached hydrogens (primary N) is 1. The van der Waals surface area contributed by atoms with Crippen LogP contribution in [0.2, 0.25) is 0 Å². The molecule has 3 N–H and O–H groups in total. The van der Waals surface area contributed by atoms with Crippen LogP contribution < -0.4 is 15.2 Å². The minimum absolute atomic E-state index is 0.189. The third-order valence-corrected chi connectivity index (χ3v) is 3.16. The van der Waals surface area contributed by atoms with E-state index in [1.165, 1.54) is 14.2 Å². The molecule has 6 heteroatoms. The first-order chi connectivity index (χ1) is 9.02. The Morgan fingerprint density at radius 2 is 1.79 bits per heavy atom. The zero-order chi connectivity index (χ0) is 14.2. The monoisotopic (exact) mass is 265 g/mol. The summed E-state index contributed by atoms with van der Waals surface area (Å²) in [6.45, 7) is 3.39. The van der Waals surface area contributed by atoms with E-state index in [1.54, 1.807) is 20.0 Å². The Hall–Kier alpha value is -2.24. The molecule has 0 saturated heterocycles. The number of hydrogen-bond acceptors (Lipinski definition) is 4. The molecule has 0 aliphatic rings. The molecule has 2 aromatic rings. The van der Waals surface area contributed by atoms with Crippen molar-refractivity contribution in [1.29, 1.82) is 0 Å². The van der Waals surface area contributed by atoms with Crippen molar-refractivity contribution >= 4 is 5.82 Å². The number of hydrogen-bond donors (Lipinski definition) is 2. The zero-order valence-electron chi connectivity index (χ0n) is 11.3. The van der Waals surface area contributed by atoms with Crippen molar-refractivity contribution in [2.75, 3.05) is 20.0 Å². The molecule has 1 heterocycles. The Morgan fingerprint density at radius 3 is 2.26 bits per heavy atom. The number of nitrogens with one attached hydrogen (secondary N) is 1. The van der Waals surface area contributed by atoms with Gasteiger partial charge in [-0.15, -0.1) is 0 Å². The number of halogens is 1. The normalized spacial score (nSPS) is 10.6. The van der Waals surface area contributed by atoms with Gasteiger partial charge in [-0.3, -0.25) is 5.10 Å². The minimum Gasteiger partial charge on any atom is -0.496 e. The van der Waals surface area contributed by atoms with Crippen molar-refractivity contribution in [3.8, 4) is 22.6 Å². The van der Waals surface area contributed by atoms with Gasteiger partial charge in [0.1, 0.15) is 11.6 Å². The van der Waals surface area contributed by atoms with Crippen LogP contribution in [0.4, 0.5) is 10.2 Å². The fourth-order valence-corrected chi connectivity index (χ4v) is 2.22. The van der Waals surface area contributed by atoms with Gasteiger partial charge in [-0.1, -0.05) is 0 Å². The van der Waals surface area contributed by atoms with Gasteiger partial charge in [0.2, 0.25) is 0 Å². The predicted molar refractivity (Wildman–Crippen MR) is 71.0 cm³/mol. The highest BCUT2D eigenvalue weighted by Crippen LogP contribution is 2.44. The van der Waals surface area contributed by atoms with Gasteiger partial charge in [0, 0.05) is 22.3 Å². The molecule has 1 aromatic carbocycles. The first-order valence-electron chi connectivity index (χ1n) is 5.72. The van der Waals surface area contributed by atoms with Gasteiger partial charge in [0.15, 0.2) is 11.6 Å². The largest absolute Gasteiger partial charge is 0.496 e. The number of benzene rings is 1. The molecule has 0 atom stereocenters. The van der Waals surface area contributed by atoms with Gasteiger partial charge in [0.05, 0.1) is 20.4 Å². The summed E-state index contributed by atoms with van der Waals surface area (Å²) in [5.41, 5.74) is 8.18. The van der Waals surface area contributed by atoms with Gasteiger partial charge < -0.3 is 15.2 Å². The lowest BCUT2D eigenvalue weighted by atomic mass is 9.97. The zero-order valence-corrected chi connectivity index (χ0v) is 11.3. The number of anilines is 1. The van der Waals surface area contributed by atoms with Crippen LogP contribution in [0.1, 0.15) is 11.1 Å². The van der Waals surface area contributed by atoms with Crippen molar-refractivity contribution in [2.24, 2.45) is 0 Å². The van der Waals surface area contributed by atoms with E-state index in [4.69, 9.17) is 15.2 Å². The average Bonchev–Trinajstić information content (AvgIpc) is 2.80. The minimum atomic E-state index is -0.428. The van der Waals surface area contributed by atoms with E-state index >= 15 is 0 Å². The van der Waals surface area contributed by atoms with E-state index in [0.717, 1.165) is 0 Å². The molecular formula is C13H16FN3O2. The first-order valence-corrected chi connectivity index (χ1v) is 5.72. The third kappa shape index (κ3) is 1.89. The van der Waals surface area contributed by atoms with Crippen LogP contribution in [0.15, 0.2) is 6.20 Å². The van der Waals surface area contributed by atoms with Crippen LogP contribution in [-0.2, 0) is 0 Å². The van der Waals surface area contributed by atoms with Gasteiger partial charge in [-0.25, -0.2) is 4.39 Å². The van der Waals surface area contributed by atoms with E-state index in [1.807, 2.05) is 0 Å². The average molecular weight is 265 g/mol. The van der Waals surface area contributed by atoms with E-state index in [0.29, 0.717) is 33.8 Å². The van der Waals surface area contributed by atoms with Crippen LogP contribution in [0, 0.1) is 19.7 Å². The van der Waals surface area contributed by atoms with Crippen LogP contribution in [0.25, 0.3) is 11.1 Å². The number of aromatic amines is 1. The number of methoxy groups -OCH3 is 2. The molecule has 0 saturated carbocycles. The molecule has 0 radical (unpaired) electrons. The lowest BCUT2D eigenvalue weighted by Crippen LogP contribution is -2.02. The van der Waals surface area contributed by atoms with E-state index in [9.17, 15) is 4.39 Å². The summed E-state index contributed by atoms with van der Waals surface area (Å²) in [6, 6.07) is 0. The number of ether oxygens (including phenoxy) is 2. The summed E-state index contributed by atoms with van der Waals surface area (Å²) in [7, 11) is 2.92. The lowest BCUT2D eigenvalue weighted by Gasteiger charge is -2.18. The highest BCUT2D eigenvalue weighted by atomic mass is 19.1. The number of rotatable bonds is 3. The molecule has 1 aromatic heterocycles. The summed E-state index contributed by atoms with van der Waals surface area (Å²) in [5.74, 6) is 0.593. The van der Waals surface area contributed by atoms with Crippen molar-refractivity contribution in [1.82, 2.24) is 10.2 Å². The summed E-state index contributed by atoms with van der Waals surface area (Å²) in [4.78, 5) is 0. The Morgan fingerprint density at radius 1 is 1.16 bits per heavy atom. The molecule has 0 amide bonds. The van der Waals surface area contributed by atoms with Gasteiger partial charge in [-0.05, 0) is 13.8 Å². The second-order valence-corrected chi connectivity index (χ2v) is 4.20. The molecule has 19 heavy (non-hydrogen) atoms. The molecule has 2 rings (SSSR count). The first kappa shape index (κ1) is 13.2. The number of aromatic nitrogens is 2. The van der Waals surface area contributed by atoms with Crippen LogP contribution >= 0.6 is 0 Å². The lowest BCUT2D eigenvalue weighted by molar-refractivity contribution is 0.372. The maximum atomic E-state index is 14.2. The summed E-state index contributed by atoms with van der Waals surface area (Å²) in [6.07, 6.45) is 1.58. The number of nitrogens with zero attached hydrogens (tertiary/aromatic N) is 1. The molecule has 0 aliphatic heterocycles. The number of H-pyrrole nitrogens is 1. The molecule has 102 valence electrons. The maximum Gasteiger partial charge on any atom is 0.171 e. The van der Waals surface area contributed by atoms with Crippen molar-refractivity contribution in [3.63, 3.8) is 0 Å². The van der Waals surface area contributed by atoms with Crippen LogP contribution in [0.5, 0.6) is 11.5 Å². The van der Waals surface area contributed by atoms with Crippen molar-refractivity contribution in [2.45, 2.75) is 13.8 Å². The van der Waals surface area contributed by atoms with Gasteiger partial charge >= 0.3 is 0 Å². The van der Waals surface area contributed by atoms with Crippen molar-refractivity contribution < 1.29 is 13.9 Å². The molecule has 0 unspecified atom stereocenters. The van der Waals surface area contributed by atoms with Crippen molar-refractivity contribution in [3.05, 3.63) is 23.1 Å². The highest BCUT2D eigenvalue weighted by molar-refractivity contribution is 5.83. The number of nitrogen functional groups attached to an aromatic ring is 1. The molecule has 0 aliphatic carbocycles.